The Labute approximate surface area is 189 Å². The van der Waals surface area contributed by atoms with Gasteiger partial charge in [0.15, 0.2) is 0 Å². The topological polar surface area (TPSA) is 32.3 Å². The molecule has 0 unspecified atom stereocenters. The van der Waals surface area contributed by atoms with Crippen LogP contribution in [0.3, 0.4) is 0 Å². The van der Waals surface area contributed by atoms with Crippen LogP contribution in [0, 0.1) is 5.82 Å². The Hall–Kier alpha value is -2.28. The van der Waals surface area contributed by atoms with E-state index in [1.54, 1.807) is 19.1 Å². The van der Waals surface area contributed by atoms with Crippen molar-refractivity contribution in [2.75, 3.05) is 11.4 Å². The van der Waals surface area contributed by atoms with Crippen molar-refractivity contribution in [3.8, 4) is 0 Å². The van der Waals surface area contributed by atoms with Crippen molar-refractivity contribution < 1.29 is 22.4 Å². The highest BCUT2D eigenvalue weighted by molar-refractivity contribution is 6.32. The van der Waals surface area contributed by atoms with Crippen LogP contribution in [0.15, 0.2) is 30.3 Å². The van der Waals surface area contributed by atoms with Crippen molar-refractivity contribution in [2.24, 2.45) is 0 Å². The Morgan fingerprint density at radius 1 is 1.16 bits per heavy atom. The predicted molar refractivity (Wildman–Crippen MR) is 116 cm³/mol. The van der Waals surface area contributed by atoms with E-state index in [0.29, 0.717) is 38.0 Å². The Balaban J connectivity index is 1.77. The Bertz CT molecular complexity index is 1030. The molecular formula is C24H25ClF4N2O. The molecule has 1 saturated carbocycles. The average molecular weight is 469 g/mol. The predicted octanol–water partition coefficient (Wildman–Crippen LogP) is 6.36. The lowest BCUT2D eigenvalue weighted by Gasteiger charge is -2.36. The van der Waals surface area contributed by atoms with Crippen LogP contribution in [-0.2, 0) is 29.5 Å². The van der Waals surface area contributed by atoms with Crippen molar-refractivity contribution >= 4 is 23.2 Å². The minimum atomic E-state index is -4.63. The van der Waals surface area contributed by atoms with E-state index in [0.717, 1.165) is 30.0 Å². The van der Waals surface area contributed by atoms with Gasteiger partial charge in [0.1, 0.15) is 5.82 Å². The summed E-state index contributed by atoms with van der Waals surface area (Å²) in [6.07, 6.45) is -1.63. The summed E-state index contributed by atoms with van der Waals surface area (Å²) in [5.41, 5.74) is 0.175. The van der Waals surface area contributed by atoms with Crippen LogP contribution in [0.1, 0.15) is 61.3 Å². The van der Waals surface area contributed by atoms with Crippen molar-refractivity contribution in [3.63, 3.8) is 0 Å². The summed E-state index contributed by atoms with van der Waals surface area (Å²) < 4.78 is 56.3. The Morgan fingerprint density at radius 3 is 2.53 bits per heavy atom. The van der Waals surface area contributed by atoms with Gasteiger partial charge in [-0.05, 0) is 54.7 Å². The molecule has 1 fully saturated rings. The van der Waals surface area contributed by atoms with E-state index in [1.165, 1.54) is 12.1 Å². The van der Waals surface area contributed by atoms with E-state index < -0.39 is 17.3 Å². The smallest absolute Gasteiger partial charge is 0.367 e. The molecule has 1 N–H and O–H groups in total. The second-order valence-electron chi connectivity index (χ2n) is 8.62. The van der Waals surface area contributed by atoms with Gasteiger partial charge >= 0.3 is 6.18 Å². The third-order valence-electron chi connectivity index (χ3n) is 6.56. The number of amides is 1. The highest BCUT2D eigenvalue weighted by Crippen LogP contribution is 2.49. The number of alkyl halides is 3. The van der Waals surface area contributed by atoms with Gasteiger partial charge in [-0.1, -0.05) is 37.4 Å². The quantitative estimate of drug-likeness (QED) is 0.530. The molecule has 0 bridgehead atoms. The largest absolute Gasteiger partial charge is 0.416 e. The molecule has 172 valence electrons. The SMILES string of the molecule is CCC(=O)NC1(c2c(Cl)cc(N3CCc4cc(F)ccc4C3)cc2C(F)(F)F)CCCC1. The molecule has 2 aromatic rings. The monoisotopic (exact) mass is 468 g/mol. The lowest BCUT2D eigenvalue weighted by Crippen LogP contribution is -2.45. The zero-order valence-electron chi connectivity index (χ0n) is 17.8. The van der Waals surface area contributed by atoms with E-state index in [1.807, 2.05) is 4.90 Å². The molecule has 2 aromatic carbocycles. The molecule has 8 heteroatoms. The molecule has 1 amide bonds. The van der Waals surface area contributed by atoms with Gasteiger partial charge < -0.3 is 10.2 Å². The fourth-order valence-electron chi connectivity index (χ4n) is 5.00. The number of carbonyl (C=O) groups is 1. The Kier molecular flexibility index (Phi) is 6.14. The first-order valence-corrected chi connectivity index (χ1v) is 11.3. The first-order valence-electron chi connectivity index (χ1n) is 10.9. The number of nitrogens with one attached hydrogen (secondary N) is 1. The molecule has 32 heavy (non-hydrogen) atoms. The molecule has 1 aliphatic heterocycles. The number of halogens is 5. The summed E-state index contributed by atoms with van der Waals surface area (Å²) >= 11 is 6.55. The normalized spacial score (nSPS) is 17.9. The average Bonchev–Trinajstić information content (AvgIpc) is 3.21. The number of anilines is 1. The van der Waals surface area contributed by atoms with Crippen LogP contribution in [0.4, 0.5) is 23.2 Å². The first-order chi connectivity index (χ1) is 15.1. The molecule has 0 aromatic heterocycles. The summed E-state index contributed by atoms with van der Waals surface area (Å²) in [5, 5.41) is 2.87. The van der Waals surface area contributed by atoms with E-state index in [2.05, 4.69) is 5.32 Å². The third kappa shape index (κ3) is 4.32. The second-order valence-corrected chi connectivity index (χ2v) is 9.03. The molecule has 2 aliphatic rings. The molecule has 1 aliphatic carbocycles. The van der Waals surface area contributed by atoms with Crippen LogP contribution in [0.25, 0.3) is 0 Å². The lowest BCUT2D eigenvalue weighted by atomic mass is 9.83. The van der Waals surface area contributed by atoms with E-state index in [-0.39, 0.29) is 28.7 Å². The van der Waals surface area contributed by atoms with E-state index in [4.69, 9.17) is 11.6 Å². The van der Waals surface area contributed by atoms with Gasteiger partial charge in [0.2, 0.25) is 5.91 Å². The van der Waals surface area contributed by atoms with Crippen LogP contribution < -0.4 is 10.2 Å². The fourth-order valence-corrected chi connectivity index (χ4v) is 5.39. The van der Waals surface area contributed by atoms with Crippen molar-refractivity contribution in [3.05, 3.63) is 63.4 Å². The van der Waals surface area contributed by atoms with Gasteiger partial charge in [-0.2, -0.15) is 13.2 Å². The molecule has 0 radical (unpaired) electrons. The summed E-state index contributed by atoms with van der Waals surface area (Å²) in [4.78, 5) is 14.0. The maximum absolute atomic E-state index is 14.3. The number of nitrogens with zero attached hydrogens (tertiary/aromatic N) is 1. The van der Waals surface area contributed by atoms with Crippen LogP contribution >= 0.6 is 11.6 Å². The molecule has 3 nitrogen and oxygen atoms in total. The third-order valence-corrected chi connectivity index (χ3v) is 6.86. The molecule has 0 atom stereocenters. The maximum atomic E-state index is 14.3. The molecule has 4 rings (SSSR count). The highest BCUT2D eigenvalue weighted by Gasteiger charge is 2.46. The standard InChI is InChI=1S/C24H25ClF4N2O/c1-2-21(32)30-23(8-3-4-9-23)22-19(24(27,28)29)12-18(13-20(22)25)31-10-7-15-11-17(26)6-5-16(15)14-31/h5-6,11-13H,2-4,7-10,14H2,1H3,(H,30,32). The maximum Gasteiger partial charge on any atom is 0.416 e. The summed E-state index contributed by atoms with van der Waals surface area (Å²) in [5.74, 6) is -0.611. The molecule has 0 saturated heterocycles. The number of fused-ring (bicyclic) bond motifs is 1. The zero-order valence-corrected chi connectivity index (χ0v) is 18.5. The Morgan fingerprint density at radius 2 is 1.88 bits per heavy atom. The minimum absolute atomic E-state index is 0.0121. The van der Waals surface area contributed by atoms with Gasteiger partial charge in [-0.3, -0.25) is 4.79 Å². The summed E-state index contributed by atoms with van der Waals surface area (Å²) in [7, 11) is 0. The van der Waals surface area contributed by atoms with Gasteiger partial charge in [0, 0.05) is 35.8 Å². The van der Waals surface area contributed by atoms with Crippen LogP contribution in [-0.4, -0.2) is 12.5 Å². The number of benzene rings is 2. The van der Waals surface area contributed by atoms with Gasteiger partial charge in [-0.25, -0.2) is 4.39 Å². The molecule has 1 heterocycles. The molecular weight excluding hydrogens is 444 g/mol. The lowest BCUT2D eigenvalue weighted by molar-refractivity contribution is -0.139. The fraction of sp³-hybridized carbons (Fsp3) is 0.458. The van der Waals surface area contributed by atoms with Crippen molar-refractivity contribution in [2.45, 2.75) is 63.7 Å². The second kappa shape index (κ2) is 8.58. The van der Waals surface area contributed by atoms with Crippen LogP contribution in [0.5, 0.6) is 0 Å². The van der Waals surface area contributed by atoms with Crippen molar-refractivity contribution in [1.82, 2.24) is 5.32 Å². The van der Waals surface area contributed by atoms with E-state index >= 15 is 0 Å². The van der Waals surface area contributed by atoms with Gasteiger partial charge in [0.05, 0.1) is 11.1 Å². The van der Waals surface area contributed by atoms with Crippen molar-refractivity contribution in [1.29, 1.82) is 0 Å². The van der Waals surface area contributed by atoms with Gasteiger partial charge in [0.25, 0.3) is 0 Å². The number of hydrogen-bond donors (Lipinski definition) is 1. The summed E-state index contributed by atoms with van der Waals surface area (Å²) in [6.45, 7) is 2.51. The zero-order chi connectivity index (χ0) is 23.1. The van der Waals surface area contributed by atoms with Crippen LogP contribution in [0.2, 0.25) is 5.02 Å². The number of hydrogen-bond acceptors (Lipinski definition) is 2. The first kappa shape index (κ1) is 22.9. The highest BCUT2D eigenvalue weighted by atomic mass is 35.5. The minimum Gasteiger partial charge on any atom is -0.367 e. The molecule has 0 spiro atoms. The number of rotatable bonds is 4. The van der Waals surface area contributed by atoms with E-state index in [9.17, 15) is 22.4 Å². The number of carbonyl (C=O) groups excluding carboxylic acids is 1. The summed E-state index contributed by atoms with van der Waals surface area (Å²) in [6, 6.07) is 7.22. The van der Waals surface area contributed by atoms with Gasteiger partial charge in [-0.15, -0.1) is 0 Å².